The zero-order valence-corrected chi connectivity index (χ0v) is 16.7. The number of halogens is 1. The van der Waals surface area contributed by atoms with E-state index in [1.54, 1.807) is 18.4 Å². The molecule has 2 aromatic carbocycles. The summed E-state index contributed by atoms with van der Waals surface area (Å²) in [6.45, 7) is 2.99. The van der Waals surface area contributed by atoms with Crippen LogP contribution >= 0.6 is 27.3 Å². The van der Waals surface area contributed by atoms with E-state index in [9.17, 15) is 4.79 Å². The smallest absolute Gasteiger partial charge is 0.253 e. The van der Waals surface area contributed by atoms with Crippen LogP contribution in [0.4, 0.5) is 5.13 Å². The molecule has 1 aliphatic rings. The third kappa shape index (κ3) is 3.41. The van der Waals surface area contributed by atoms with Crippen LogP contribution in [0.2, 0.25) is 0 Å². The SMILES string of the molecule is COc1ccc2nc(N3CCN(C(=O)c4ccc(Br)cc4)CC3)sc2c1. The molecule has 0 unspecified atom stereocenters. The first kappa shape index (κ1) is 17.3. The minimum Gasteiger partial charge on any atom is -0.497 e. The molecule has 3 aromatic rings. The van der Waals surface area contributed by atoms with Gasteiger partial charge in [-0.2, -0.15) is 0 Å². The highest BCUT2D eigenvalue weighted by Gasteiger charge is 2.24. The van der Waals surface area contributed by atoms with Crippen molar-refractivity contribution >= 4 is 48.5 Å². The van der Waals surface area contributed by atoms with E-state index in [2.05, 4.69) is 20.8 Å². The average Bonchev–Trinajstić information content (AvgIpc) is 3.11. The number of thiazole rings is 1. The van der Waals surface area contributed by atoms with Gasteiger partial charge in [0.05, 0.1) is 17.3 Å². The molecular formula is C19H18BrN3O2S. The Bertz CT molecular complexity index is 934. The molecule has 0 atom stereocenters. The number of methoxy groups -OCH3 is 1. The number of anilines is 1. The number of carbonyl (C=O) groups excluding carboxylic acids is 1. The van der Waals surface area contributed by atoms with Crippen LogP contribution in [0.1, 0.15) is 10.4 Å². The van der Waals surface area contributed by atoms with Crippen LogP contribution < -0.4 is 9.64 Å². The first-order valence-electron chi connectivity index (χ1n) is 8.38. The van der Waals surface area contributed by atoms with Crippen LogP contribution in [0.3, 0.4) is 0 Å². The number of amides is 1. The van der Waals surface area contributed by atoms with Crippen molar-refractivity contribution < 1.29 is 9.53 Å². The van der Waals surface area contributed by atoms with Gasteiger partial charge in [0, 0.05) is 36.2 Å². The second kappa shape index (κ2) is 7.25. The van der Waals surface area contributed by atoms with Gasteiger partial charge < -0.3 is 14.5 Å². The maximum absolute atomic E-state index is 12.6. The molecular weight excluding hydrogens is 414 g/mol. The molecule has 1 amide bonds. The van der Waals surface area contributed by atoms with E-state index >= 15 is 0 Å². The van der Waals surface area contributed by atoms with Gasteiger partial charge in [0.15, 0.2) is 5.13 Å². The predicted octanol–water partition coefficient (Wildman–Crippen LogP) is 4.03. The van der Waals surface area contributed by atoms with Gasteiger partial charge in [-0.3, -0.25) is 4.79 Å². The third-order valence-electron chi connectivity index (χ3n) is 4.51. The van der Waals surface area contributed by atoms with Crippen molar-refractivity contribution in [1.82, 2.24) is 9.88 Å². The van der Waals surface area contributed by atoms with Gasteiger partial charge in [-0.15, -0.1) is 0 Å². The van der Waals surface area contributed by atoms with E-state index in [0.29, 0.717) is 13.1 Å². The second-order valence-electron chi connectivity index (χ2n) is 6.12. The minimum atomic E-state index is 0.0891. The molecule has 7 heteroatoms. The summed E-state index contributed by atoms with van der Waals surface area (Å²) in [4.78, 5) is 21.5. The van der Waals surface area contributed by atoms with E-state index in [0.717, 1.165) is 44.2 Å². The minimum absolute atomic E-state index is 0.0891. The number of nitrogens with zero attached hydrogens (tertiary/aromatic N) is 3. The molecule has 0 N–H and O–H groups in total. The number of piperazine rings is 1. The normalized spacial score (nSPS) is 14.7. The van der Waals surface area contributed by atoms with Gasteiger partial charge in [-0.05, 0) is 42.5 Å². The van der Waals surface area contributed by atoms with Crippen LogP contribution in [0.15, 0.2) is 46.9 Å². The van der Waals surface area contributed by atoms with Crippen LogP contribution in [0.25, 0.3) is 10.2 Å². The summed E-state index contributed by atoms with van der Waals surface area (Å²) in [7, 11) is 1.67. The molecule has 1 fully saturated rings. The fourth-order valence-corrected chi connectivity index (χ4v) is 4.34. The summed E-state index contributed by atoms with van der Waals surface area (Å²) in [5.41, 5.74) is 1.72. The number of carbonyl (C=O) groups is 1. The lowest BCUT2D eigenvalue weighted by molar-refractivity contribution is 0.0747. The summed E-state index contributed by atoms with van der Waals surface area (Å²) >= 11 is 5.07. The highest BCUT2D eigenvalue weighted by Crippen LogP contribution is 2.32. The number of hydrogen-bond donors (Lipinski definition) is 0. The summed E-state index contributed by atoms with van der Waals surface area (Å²) < 4.78 is 7.38. The van der Waals surface area contributed by atoms with Crippen molar-refractivity contribution in [1.29, 1.82) is 0 Å². The summed E-state index contributed by atoms with van der Waals surface area (Å²) in [5.74, 6) is 0.934. The van der Waals surface area contributed by atoms with Crippen molar-refractivity contribution in [2.75, 3.05) is 38.2 Å². The van der Waals surface area contributed by atoms with Crippen LogP contribution in [-0.2, 0) is 0 Å². The number of benzene rings is 2. The molecule has 0 saturated carbocycles. The van der Waals surface area contributed by atoms with E-state index in [4.69, 9.17) is 9.72 Å². The van der Waals surface area contributed by atoms with Crippen LogP contribution in [0.5, 0.6) is 5.75 Å². The Labute approximate surface area is 164 Å². The quantitative estimate of drug-likeness (QED) is 0.627. The number of ether oxygens (including phenoxy) is 1. The first-order valence-corrected chi connectivity index (χ1v) is 9.99. The lowest BCUT2D eigenvalue weighted by atomic mass is 10.2. The molecule has 1 aliphatic heterocycles. The summed E-state index contributed by atoms with van der Waals surface area (Å²) in [5, 5.41) is 1.00. The van der Waals surface area contributed by atoms with E-state index in [1.165, 1.54) is 0 Å². The van der Waals surface area contributed by atoms with Gasteiger partial charge in [0.25, 0.3) is 5.91 Å². The number of hydrogen-bond acceptors (Lipinski definition) is 5. The van der Waals surface area contributed by atoms with Crippen molar-refractivity contribution in [3.63, 3.8) is 0 Å². The van der Waals surface area contributed by atoms with E-state index < -0.39 is 0 Å². The first-order chi connectivity index (χ1) is 12.6. The van der Waals surface area contributed by atoms with Gasteiger partial charge in [0.1, 0.15) is 5.75 Å². The molecule has 26 heavy (non-hydrogen) atoms. The van der Waals surface area contributed by atoms with Crippen molar-refractivity contribution in [2.24, 2.45) is 0 Å². The maximum Gasteiger partial charge on any atom is 0.253 e. The van der Waals surface area contributed by atoms with Crippen LogP contribution in [0, 0.1) is 0 Å². The Kier molecular flexibility index (Phi) is 4.82. The number of rotatable bonds is 3. The largest absolute Gasteiger partial charge is 0.497 e. The fourth-order valence-electron chi connectivity index (χ4n) is 3.03. The monoisotopic (exact) mass is 431 g/mol. The highest BCUT2D eigenvalue weighted by atomic mass is 79.9. The third-order valence-corrected chi connectivity index (χ3v) is 6.12. The molecule has 0 bridgehead atoms. The molecule has 0 aliphatic carbocycles. The zero-order chi connectivity index (χ0) is 18.1. The molecule has 134 valence electrons. The second-order valence-corrected chi connectivity index (χ2v) is 8.04. The maximum atomic E-state index is 12.6. The standard InChI is InChI=1S/C19H18BrN3O2S/c1-25-15-6-7-16-17(12-15)26-19(21-16)23-10-8-22(9-11-23)18(24)13-2-4-14(20)5-3-13/h2-7,12H,8-11H2,1H3. The Hall–Kier alpha value is -2.12. The summed E-state index contributed by atoms with van der Waals surface area (Å²) in [6.07, 6.45) is 0. The summed E-state index contributed by atoms with van der Waals surface area (Å²) in [6, 6.07) is 13.5. The molecule has 0 spiro atoms. The number of aromatic nitrogens is 1. The van der Waals surface area contributed by atoms with Gasteiger partial charge >= 0.3 is 0 Å². The number of fused-ring (bicyclic) bond motifs is 1. The van der Waals surface area contributed by atoms with E-state index in [-0.39, 0.29) is 5.91 Å². The van der Waals surface area contributed by atoms with E-state index in [1.807, 2.05) is 47.4 Å². The average molecular weight is 432 g/mol. The lowest BCUT2D eigenvalue weighted by Crippen LogP contribution is -2.48. The Morgan fingerprint density at radius 3 is 2.54 bits per heavy atom. The molecule has 2 heterocycles. The van der Waals surface area contributed by atoms with Crippen molar-refractivity contribution in [2.45, 2.75) is 0 Å². The molecule has 1 aromatic heterocycles. The van der Waals surface area contributed by atoms with Gasteiger partial charge in [-0.25, -0.2) is 4.98 Å². The Morgan fingerprint density at radius 2 is 1.85 bits per heavy atom. The predicted molar refractivity (Wildman–Crippen MR) is 108 cm³/mol. The van der Waals surface area contributed by atoms with Gasteiger partial charge in [0.2, 0.25) is 0 Å². The zero-order valence-electron chi connectivity index (χ0n) is 14.3. The van der Waals surface area contributed by atoms with Gasteiger partial charge in [-0.1, -0.05) is 27.3 Å². The highest BCUT2D eigenvalue weighted by molar-refractivity contribution is 9.10. The molecule has 5 nitrogen and oxygen atoms in total. The van der Waals surface area contributed by atoms with Crippen molar-refractivity contribution in [3.05, 3.63) is 52.5 Å². The molecule has 0 radical (unpaired) electrons. The van der Waals surface area contributed by atoms with Crippen LogP contribution in [-0.4, -0.2) is 49.1 Å². The lowest BCUT2D eigenvalue weighted by Gasteiger charge is -2.34. The molecule has 4 rings (SSSR count). The Balaban J connectivity index is 1.44. The topological polar surface area (TPSA) is 45.7 Å². The molecule has 1 saturated heterocycles. The Morgan fingerprint density at radius 1 is 1.12 bits per heavy atom. The fraction of sp³-hybridized carbons (Fsp3) is 0.263. The van der Waals surface area contributed by atoms with Crippen molar-refractivity contribution in [3.8, 4) is 5.75 Å².